The van der Waals surface area contributed by atoms with Crippen LogP contribution < -0.4 is 0 Å². The smallest absolute Gasteiger partial charge is 0.0852 e. The van der Waals surface area contributed by atoms with Gasteiger partial charge in [-0.3, -0.25) is 0 Å². The van der Waals surface area contributed by atoms with Crippen molar-refractivity contribution in [2.45, 2.75) is 24.9 Å². The average molecular weight is 174 g/mol. The van der Waals surface area contributed by atoms with E-state index in [1.807, 2.05) is 7.11 Å². The molecule has 1 fully saturated rings. The number of ether oxygens (including phenoxy) is 1. The van der Waals surface area contributed by atoms with Crippen molar-refractivity contribution >= 4 is 0 Å². The van der Waals surface area contributed by atoms with E-state index in [2.05, 4.69) is 24.3 Å². The van der Waals surface area contributed by atoms with Gasteiger partial charge in [0.2, 0.25) is 0 Å². The van der Waals surface area contributed by atoms with Crippen molar-refractivity contribution in [1.82, 2.24) is 0 Å². The highest BCUT2D eigenvalue weighted by Crippen LogP contribution is 2.55. The number of methoxy groups -OCH3 is 1. The monoisotopic (exact) mass is 174 g/mol. The van der Waals surface area contributed by atoms with Crippen molar-refractivity contribution in [3.05, 3.63) is 35.4 Å². The van der Waals surface area contributed by atoms with Gasteiger partial charge >= 0.3 is 0 Å². The van der Waals surface area contributed by atoms with E-state index in [0.717, 1.165) is 11.8 Å². The number of hydrogen-bond donors (Lipinski definition) is 0. The van der Waals surface area contributed by atoms with Gasteiger partial charge in [-0.25, -0.2) is 0 Å². The van der Waals surface area contributed by atoms with Gasteiger partial charge in [-0.05, 0) is 35.8 Å². The Bertz CT molecular complexity index is 326. The maximum atomic E-state index is 5.57. The van der Waals surface area contributed by atoms with E-state index in [0.29, 0.717) is 6.10 Å². The van der Waals surface area contributed by atoms with Gasteiger partial charge in [0.1, 0.15) is 0 Å². The number of hydrogen-bond acceptors (Lipinski definition) is 1. The summed E-state index contributed by atoms with van der Waals surface area (Å²) >= 11 is 0. The van der Waals surface area contributed by atoms with Crippen LogP contribution in [0.5, 0.6) is 0 Å². The van der Waals surface area contributed by atoms with Gasteiger partial charge in [0.05, 0.1) is 6.10 Å². The van der Waals surface area contributed by atoms with E-state index in [9.17, 15) is 0 Å². The van der Waals surface area contributed by atoms with Crippen LogP contribution in [-0.4, -0.2) is 7.11 Å². The molecule has 1 aromatic carbocycles. The quantitative estimate of drug-likeness (QED) is 0.636. The molecule has 1 nitrogen and oxygen atoms in total. The largest absolute Gasteiger partial charge is 0.376 e. The minimum atomic E-state index is 0.376. The molecule has 13 heavy (non-hydrogen) atoms. The lowest BCUT2D eigenvalue weighted by Gasteiger charge is -2.47. The zero-order chi connectivity index (χ0) is 8.84. The molecule has 2 bridgehead atoms. The maximum Gasteiger partial charge on any atom is 0.0852 e. The Hall–Kier alpha value is -0.820. The Balaban J connectivity index is 2.11. The number of benzene rings is 1. The molecule has 3 aliphatic carbocycles. The van der Waals surface area contributed by atoms with E-state index >= 15 is 0 Å². The van der Waals surface area contributed by atoms with E-state index in [4.69, 9.17) is 4.74 Å². The van der Waals surface area contributed by atoms with Crippen LogP contribution in [0.15, 0.2) is 24.3 Å². The summed E-state index contributed by atoms with van der Waals surface area (Å²) in [4.78, 5) is 0. The topological polar surface area (TPSA) is 9.23 Å². The van der Waals surface area contributed by atoms with Crippen LogP contribution in [0.25, 0.3) is 0 Å². The van der Waals surface area contributed by atoms with Gasteiger partial charge in [-0.2, -0.15) is 0 Å². The number of rotatable bonds is 1. The standard InChI is InChI=1S/C12H14O/c1-13-12-9-6-8(7-9)10-4-2-3-5-11(10)12/h2-5,8-9,12H,6-7H2,1H3. The molecule has 0 saturated heterocycles. The Morgan fingerprint density at radius 2 is 1.85 bits per heavy atom. The highest BCUT2D eigenvalue weighted by molar-refractivity contribution is 5.38. The predicted molar refractivity (Wildman–Crippen MR) is 51.7 cm³/mol. The lowest BCUT2D eigenvalue weighted by atomic mass is 9.61. The van der Waals surface area contributed by atoms with Crippen LogP contribution in [0, 0.1) is 5.92 Å². The third-order valence-electron chi connectivity index (χ3n) is 3.60. The summed E-state index contributed by atoms with van der Waals surface area (Å²) < 4.78 is 5.57. The first kappa shape index (κ1) is 7.57. The molecule has 0 aliphatic heterocycles. The molecule has 0 aromatic heterocycles. The lowest BCUT2D eigenvalue weighted by Crippen LogP contribution is -2.35. The Morgan fingerprint density at radius 1 is 1.15 bits per heavy atom. The highest BCUT2D eigenvalue weighted by atomic mass is 16.5. The van der Waals surface area contributed by atoms with Crippen LogP contribution in [0.1, 0.15) is 36.0 Å². The molecule has 68 valence electrons. The van der Waals surface area contributed by atoms with Crippen molar-refractivity contribution in [3.63, 3.8) is 0 Å². The predicted octanol–water partition coefficient (Wildman–Crippen LogP) is 2.88. The first-order valence-corrected chi connectivity index (χ1v) is 5.01. The molecule has 1 heteroatoms. The van der Waals surface area contributed by atoms with Gasteiger partial charge in [0.25, 0.3) is 0 Å². The first-order chi connectivity index (χ1) is 6.40. The van der Waals surface area contributed by atoms with Crippen molar-refractivity contribution in [2.24, 2.45) is 5.92 Å². The molecule has 0 heterocycles. The summed E-state index contributed by atoms with van der Waals surface area (Å²) in [6.45, 7) is 0. The fourth-order valence-electron chi connectivity index (χ4n) is 2.88. The van der Waals surface area contributed by atoms with Gasteiger partial charge in [-0.15, -0.1) is 0 Å². The third-order valence-corrected chi connectivity index (χ3v) is 3.60. The molecule has 0 spiro atoms. The van der Waals surface area contributed by atoms with Crippen LogP contribution in [0.3, 0.4) is 0 Å². The van der Waals surface area contributed by atoms with Gasteiger partial charge in [0, 0.05) is 7.11 Å². The van der Waals surface area contributed by atoms with Crippen molar-refractivity contribution in [1.29, 1.82) is 0 Å². The SMILES string of the molecule is COC1c2ccccc2C2CC1C2. The summed E-state index contributed by atoms with van der Waals surface area (Å²) in [5.41, 5.74) is 2.98. The van der Waals surface area contributed by atoms with Crippen molar-refractivity contribution in [2.75, 3.05) is 7.11 Å². The highest BCUT2D eigenvalue weighted by Gasteiger charge is 2.43. The fourth-order valence-corrected chi connectivity index (χ4v) is 2.88. The Labute approximate surface area is 78.7 Å². The van der Waals surface area contributed by atoms with Gasteiger partial charge < -0.3 is 4.74 Å². The molecule has 1 atom stereocenters. The van der Waals surface area contributed by atoms with E-state index in [1.54, 1.807) is 0 Å². The normalized spacial score (nSPS) is 35.0. The van der Waals surface area contributed by atoms with Crippen LogP contribution in [0.4, 0.5) is 0 Å². The molecule has 1 saturated carbocycles. The van der Waals surface area contributed by atoms with Crippen LogP contribution >= 0.6 is 0 Å². The van der Waals surface area contributed by atoms with Gasteiger partial charge in [-0.1, -0.05) is 24.3 Å². The molecule has 0 N–H and O–H groups in total. The summed E-state index contributed by atoms with van der Waals surface area (Å²) in [7, 11) is 1.83. The second-order valence-electron chi connectivity index (χ2n) is 4.21. The summed E-state index contributed by atoms with van der Waals surface area (Å²) in [5, 5.41) is 0. The van der Waals surface area contributed by atoms with E-state index in [1.165, 1.54) is 24.0 Å². The lowest BCUT2D eigenvalue weighted by molar-refractivity contribution is -0.00740. The molecule has 1 unspecified atom stereocenters. The van der Waals surface area contributed by atoms with E-state index in [-0.39, 0.29) is 0 Å². The Kier molecular flexibility index (Phi) is 1.50. The molecular weight excluding hydrogens is 160 g/mol. The van der Waals surface area contributed by atoms with Crippen molar-refractivity contribution in [3.8, 4) is 0 Å². The zero-order valence-corrected chi connectivity index (χ0v) is 7.86. The minimum absolute atomic E-state index is 0.376. The third kappa shape index (κ3) is 0.910. The summed E-state index contributed by atoms with van der Waals surface area (Å²) in [6, 6.07) is 8.75. The summed E-state index contributed by atoms with van der Waals surface area (Å²) in [5.74, 6) is 1.64. The molecular formula is C12H14O. The second-order valence-corrected chi connectivity index (χ2v) is 4.21. The maximum absolute atomic E-state index is 5.57. The van der Waals surface area contributed by atoms with Crippen LogP contribution in [0.2, 0.25) is 0 Å². The van der Waals surface area contributed by atoms with Gasteiger partial charge in [0.15, 0.2) is 0 Å². The molecule has 1 aromatic rings. The first-order valence-electron chi connectivity index (χ1n) is 5.01. The Morgan fingerprint density at radius 3 is 2.54 bits per heavy atom. The average Bonchev–Trinajstić information content (AvgIpc) is 2.14. The minimum Gasteiger partial charge on any atom is -0.376 e. The van der Waals surface area contributed by atoms with Crippen LogP contribution in [-0.2, 0) is 4.74 Å². The zero-order valence-electron chi connectivity index (χ0n) is 7.86. The molecule has 3 aliphatic rings. The molecule has 0 amide bonds. The molecule has 4 rings (SSSR count). The fraction of sp³-hybridized carbons (Fsp3) is 0.500. The summed E-state index contributed by atoms with van der Waals surface area (Å²) in [6.07, 6.45) is 3.06. The molecule has 0 radical (unpaired) electrons. The van der Waals surface area contributed by atoms with Crippen molar-refractivity contribution < 1.29 is 4.74 Å². The second kappa shape index (κ2) is 2.58. The van der Waals surface area contributed by atoms with E-state index < -0.39 is 0 Å².